The molecule has 0 aliphatic rings. The van der Waals surface area contributed by atoms with Crippen molar-refractivity contribution < 1.29 is 27.9 Å². The number of carbonyl (C=O) groups is 2. The number of halogens is 3. The molecule has 2 atom stereocenters. The lowest BCUT2D eigenvalue weighted by Crippen LogP contribution is -2.49. The zero-order valence-electron chi connectivity index (χ0n) is 11.4. The molecule has 0 saturated heterocycles. The van der Waals surface area contributed by atoms with Crippen LogP contribution in [0.5, 0.6) is 0 Å². The van der Waals surface area contributed by atoms with E-state index >= 15 is 0 Å². The van der Waals surface area contributed by atoms with E-state index in [2.05, 4.69) is 4.98 Å². The summed E-state index contributed by atoms with van der Waals surface area (Å²) in [5.74, 6) is -3.15. The molecule has 21 heavy (non-hydrogen) atoms. The molecule has 1 amide bonds. The zero-order chi connectivity index (χ0) is 16.2. The molecule has 1 rings (SSSR count). The molecule has 0 aliphatic heterocycles. The van der Waals surface area contributed by atoms with Crippen LogP contribution in [0.25, 0.3) is 0 Å². The standard InChI is InChI=1S/C13H15F3N2O3/c1-3-7(2)10(13(14,15)16)18-11(19)9-6-8(12(20)21)4-5-17-9/h4-7,10H,3H2,1-2H3,(H,18,19)(H,20,21). The second-order valence-electron chi connectivity index (χ2n) is 4.61. The highest BCUT2D eigenvalue weighted by atomic mass is 19.4. The average molecular weight is 304 g/mol. The lowest BCUT2D eigenvalue weighted by molar-refractivity contribution is -0.164. The first-order valence-electron chi connectivity index (χ1n) is 6.23. The smallest absolute Gasteiger partial charge is 0.408 e. The van der Waals surface area contributed by atoms with Crippen molar-refractivity contribution in [2.45, 2.75) is 32.5 Å². The van der Waals surface area contributed by atoms with Crippen LogP contribution in [0.2, 0.25) is 0 Å². The van der Waals surface area contributed by atoms with Crippen LogP contribution in [-0.4, -0.2) is 34.2 Å². The van der Waals surface area contributed by atoms with Gasteiger partial charge in [0.1, 0.15) is 11.7 Å². The normalized spacial score (nSPS) is 14.3. The Bertz CT molecular complexity index is 532. The molecule has 1 heterocycles. The van der Waals surface area contributed by atoms with Crippen molar-refractivity contribution in [3.05, 3.63) is 29.6 Å². The molecule has 0 spiro atoms. The molecule has 0 saturated carbocycles. The number of pyridine rings is 1. The maximum atomic E-state index is 12.9. The number of carboxylic acids is 1. The fourth-order valence-corrected chi connectivity index (χ4v) is 1.69. The van der Waals surface area contributed by atoms with Gasteiger partial charge in [-0.3, -0.25) is 9.78 Å². The highest BCUT2D eigenvalue weighted by molar-refractivity contribution is 5.95. The Kier molecular flexibility index (Phi) is 5.28. The number of nitrogens with zero attached hydrogens (tertiary/aromatic N) is 1. The quantitative estimate of drug-likeness (QED) is 0.876. The second kappa shape index (κ2) is 6.55. The largest absolute Gasteiger partial charge is 0.478 e. The van der Waals surface area contributed by atoms with Crippen LogP contribution in [0, 0.1) is 5.92 Å². The molecule has 0 fully saturated rings. The van der Waals surface area contributed by atoms with Gasteiger partial charge in [-0.05, 0) is 18.1 Å². The number of hydrogen-bond donors (Lipinski definition) is 2. The minimum absolute atomic E-state index is 0.220. The molecule has 0 aliphatic carbocycles. The van der Waals surface area contributed by atoms with Gasteiger partial charge in [0.2, 0.25) is 0 Å². The Balaban J connectivity index is 2.97. The van der Waals surface area contributed by atoms with E-state index < -0.39 is 30.0 Å². The summed E-state index contributed by atoms with van der Waals surface area (Å²) in [6.45, 7) is 2.96. The summed E-state index contributed by atoms with van der Waals surface area (Å²) in [5, 5.41) is 10.7. The van der Waals surface area contributed by atoms with Gasteiger partial charge in [0.15, 0.2) is 0 Å². The summed E-state index contributed by atoms with van der Waals surface area (Å²) < 4.78 is 38.7. The predicted molar refractivity (Wildman–Crippen MR) is 68.0 cm³/mol. The number of carbonyl (C=O) groups excluding carboxylic acids is 1. The van der Waals surface area contributed by atoms with Crippen LogP contribution < -0.4 is 5.32 Å². The molecule has 2 unspecified atom stereocenters. The molecule has 8 heteroatoms. The van der Waals surface area contributed by atoms with E-state index in [-0.39, 0.29) is 17.7 Å². The van der Waals surface area contributed by atoms with Gasteiger partial charge in [-0.2, -0.15) is 13.2 Å². The van der Waals surface area contributed by atoms with Crippen molar-refractivity contribution >= 4 is 11.9 Å². The minimum atomic E-state index is -4.59. The van der Waals surface area contributed by atoms with E-state index in [1.54, 1.807) is 6.92 Å². The summed E-state index contributed by atoms with van der Waals surface area (Å²) in [7, 11) is 0. The van der Waals surface area contributed by atoms with E-state index in [9.17, 15) is 22.8 Å². The summed E-state index contributed by atoms with van der Waals surface area (Å²) in [6, 6.07) is 0.0711. The van der Waals surface area contributed by atoms with Crippen molar-refractivity contribution in [3.8, 4) is 0 Å². The van der Waals surface area contributed by atoms with Crippen LogP contribution >= 0.6 is 0 Å². The van der Waals surface area contributed by atoms with Crippen LogP contribution in [0.3, 0.4) is 0 Å². The van der Waals surface area contributed by atoms with Crippen LogP contribution in [0.1, 0.15) is 41.1 Å². The summed E-state index contributed by atoms with van der Waals surface area (Å²) in [5.41, 5.74) is -0.588. The van der Waals surface area contributed by atoms with E-state index in [4.69, 9.17) is 5.11 Å². The first kappa shape index (κ1) is 16.9. The van der Waals surface area contributed by atoms with E-state index in [0.717, 1.165) is 18.3 Å². The van der Waals surface area contributed by atoms with E-state index in [0.29, 0.717) is 0 Å². The molecule has 0 bridgehead atoms. The lowest BCUT2D eigenvalue weighted by atomic mass is 9.98. The molecule has 1 aromatic heterocycles. The Labute approximate surface area is 119 Å². The summed E-state index contributed by atoms with van der Waals surface area (Å²) in [4.78, 5) is 26.2. The van der Waals surface area contributed by atoms with Gasteiger partial charge in [-0.25, -0.2) is 4.79 Å². The van der Waals surface area contributed by atoms with E-state index in [1.807, 2.05) is 5.32 Å². The fraction of sp³-hybridized carbons (Fsp3) is 0.462. The number of hydrogen-bond acceptors (Lipinski definition) is 3. The molecule has 0 aromatic carbocycles. The molecule has 1 aromatic rings. The van der Waals surface area contributed by atoms with Crippen LogP contribution in [0.4, 0.5) is 13.2 Å². The molecular weight excluding hydrogens is 289 g/mol. The molecule has 116 valence electrons. The van der Waals surface area contributed by atoms with Gasteiger partial charge in [-0.1, -0.05) is 20.3 Å². The van der Waals surface area contributed by atoms with Crippen molar-refractivity contribution in [3.63, 3.8) is 0 Å². The highest BCUT2D eigenvalue weighted by Gasteiger charge is 2.43. The van der Waals surface area contributed by atoms with Gasteiger partial charge in [0.25, 0.3) is 5.91 Å². The molecule has 5 nitrogen and oxygen atoms in total. The maximum Gasteiger partial charge on any atom is 0.408 e. The third-order valence-electron chi connectivity index (χ3n) is 3.09. The SMILES string of the molecule is CCC(C)C(NC(=O)c1cc(C(=O)O)ccn1)C(F)(F)F. The number of aromatic nitrogens is 1. The lowest BCUT2D eigenvalue weighted by Gasteiger charge is -2.26. The first-order chi connectivity index (χ1) is 9.66. The number of alkyl halides is 3. The fourth-order valence-electron chi connectivity index (χ4n) is 1.69. The number of rotatable bonds is 5. The number of nitrogens with one attached hydrogen (secondary N) is 1. The van der Waals surface area contributed by atoms with E-state index in [1.165, 1.54) is 6.92 Å². The Hall–Kier alpha value is -2.12. The third kappa shape index (κ3) is 4.44. The van der Waals surface area contributed by atoms with Crippen molar-refractivity contribution in [2.75, 3.05) is 0 Å². The Morgan fingerprint density at radius 1 is 1.43 bits per heavy atom. The predicted octanol–water partition coefficient (Wildman–Crippen LogP) is 2.49. The zero-order valence-corrected chi connectivity index (χ0v) is 11.4. The average Bonchev–Trinajstić information content (AvgIpc) is 2.42. The summed E-state index contributed by atoms with van der Waals surface area (Å²) in [6.07, 6.45) is -3.30. The monoisotopic (exact) mass is 304 g/mol. The molecule has 0 radical (unpaired) electrons. The topological polar surface area (TPSA) is 79.3 Å². The van der Waals surface area contributed by atoms with Crippen LogP contribution in [0.15, 0.2) is 18.3 Å². The van der Waals surface area contributed by atoms with Crippen molar-refractivity contribution in [1.29, 1.82) is 0 Å². The second-order valence-corrected chi connectivity index (χ2v) is 4.61. The Morgan fingerprint density at radius 3 is 2.52 bits per heavy atom. The van der Waals surface area contributed by atoms with Gasteiger partial charge in [0, 0.05) is 6.20 Å². The minimum Gasteiger partial charge on any atom is -0.478 e. The first-order valence-corrected chi connectivity index (χ1v) is 6.23. The Morgan fingerprint density at radius 2 is 2.05 bits per heavy atom. The van der Waals surface area contributed by atoms with Gasteiger partial charge in [0.05, 0.1) is 5.56 Å². The third-order valence-corrected chi connectivity index (χ3v) is 3.09. The van der Waals surface area contributed by atoms with Gasteiger partial charge < -0.3 is 10.4 Å². The number of amides is 1. The summed E-state index contributed by atoms with van der Waals surface area (Å²) >= 11 is 0. The van der Waals surface area contributed by atoms with Gasteiger partial charge in [-0.15, -0.1) is 0 Å². The van der Waals surface area contributed by atoms with Crippen molar-refractivity contribution in [1.82, 2.24) is 10.3 Å². The number of aromatic carboxylic acids is 1. The van der Waals surface area contributed by atoms with Crippen molar-refractivity contribution in [2.24, 2.45) is 5.92 Å². The maximum absolute atomic E-state index is 12.9. The molecular formula is C13H15F3N2O3. The highest BCUT2D eigenvalue weighted by Crippen LogP contribution is 2.27. The van der Waals surface area contributed by atoms with Crippen LogP contribution in [-0.2, 0) is 0 Å². The number of carboxylic acid groups (broad SMARTS) is 1. The molecule has 2 N–H and O–H groups in total. The van der Waals surface area contributed by atoms with Gasteiger partial charge >= 0.3 is 12.1 Å².